The molecular formula is C18H18S2. The van der Waals surface area contributed by atoms with E-state index in [1.54, 1.807) is 11.3 Å². The van der Waals surface area contributed by atoms with Crippen LogP contribution < -0.4 is 0 Å². The van der Waals surface area contributed by atoms with Crippen LogP contribution in [-0.4, -0.2) is 0 Å². The molecule has 0 aliphatic rings. The Morgan fingerprint density at radius 1 is 0.600 bits per heavy atom. The Bertz CT molecular complexity index is 488. The summed E-state index contributed by atoms with van der Waals surface area (Å²) in [5.41, 5.74) is 2.80. The van der Waals surface area contributed by atoms with Crippen LogP contribution in [0.5, 0.6) is 0 Å². The first-order valence-electron chi connectivity index (χ1n) is 6.58. The van der Waals surface area contributed by atoms with Crippen molar-refractivity contribution in [3.05, 3.63) is 94.7 Å². The number of benzene rings is 2. The fourth-order valence-corrected chi connectivity index (χ4v) is 3.07. The van der Waals surface area contributed by atoms with Crippen LogP contribution in [0.1, 0.15) is 11.1 Å². The predicted octanol–water partition coefficient (Wildman–Crippen LogP) is 5.87. The Morgan fingerprint density at radius 2 is 1.05 bits per heavy atom. The minimum atomic E-state index is 1.09. The highest BCUT2D eigenvalue weighted by atomic mass is 32.2. The van der Waals surface area contributed by atoms with Gasteiger partial charge in [-0.05, 0) is 21.9 Å². The molecule has 0 saturated heterocycles. The molecule has 0 aliphatic heterocycles. The molecule has 2 heteroatoms. The zero-order valence-electron chi connectivity index (χ0n) is 11.3. The van der Waals surface area contributed by atoms with Gasteiger partial charge in [-0.25, -0.2) is 0 Å². The molecule has 0 amide bonds. The predicted molar refractivity (Wildman–Crippen MR) is 92.2 cm³/mol. The molecule has 0 saturated carbocycles. The molecule has 1 aromatic heterocycles. The van der Waals surface area contributed by atoms with Crippen LogP contribution in [0.2, 0.25) is 0 Å². The van der Waals surface area contributed by atoms with E-state index in [-0.39, 0.29) is 0 Å². The fraction of sp³-hybridized carbons (Fsp3) is 0.111. The second-order valence-electron chi connectivity index (χ2n) is 4.26. The lowest BCUT2D eigenvalue weighted by Gasteiger charge is -2.01. The zero-order valence-corrected chi connectivity index (χ0v) is 12.9. The Morgan fingerprint density at radius 3 is 1.40 bits per heavy atom. The molecule has 3 aromatic rings. The third-order valence-corrected chi connectivity index (χ3v) is 4.35. The maximum atomic E-state index is 2.18. The quantitative estimate of drug-likeness (QED) is 0.580. The van der Waals surface area contributed by atoms with Crippen molar-refractivity contribution in [2.24, 2.45) is 0 Å². The second-order valence-corrected chi connectivity index (χ2v) is 6.06. The van der Waals surface area contributed by atoms with Gasteiger partial charge < -0.3 is 0 Å². The molecule has 0 spiro atoms. The molecule has 0 nitrogen and oxygen atoms in total. The molecule has 0 N–H and O–H groups in total. The highest BCUT2D eigenvalue weighted by molar-refractivity contribution is 7.97. The lowest BCUT2D eigenvalue weighted by molar-refractivity contribution is 1.36. The third-order valence-electron chi connectivity index (χ3n) is 2.65. The highest BCUT2D eigenvalue weighted by Gasteiger charge is 1.93. The van der Waals surface area contributed by atoms with Crippen molar-refractivity contribution in [1.29, 1.82) is 0 Å². The Hall–Kier alpha value is -1.51. The maximum Gasteiger partial charge on any atom is 0.0187 e. The molecule has 1 heterocycles. The van der Waals surface area contributed by atoms with Gasteiger partial charge in [0.15, 0.2) is 0 Å². The van der Waals surface area contributed by atoms with Crippen LogP contribution >= 0.6 is 23.1 Å². The van der Waals surface area contributed by atoms with E-state index in [0.717, 1.165) is 11.5 Å². The maximum absolute atomic E-state index is 2.18. The molecule has 0 unspecified atom stereocenters. The Balaban J connectivity index is 0.000000247. The molecule has 3 rings (SSSR count). The minimum Gasteiger partial charge on any atom is -0.152 e. The van der Waals surface area contributed by atoms with Crippen LogP contribution in [0.4, 0.5) is 0 Å². The van der Waals surface area contributed by atoms with Crippen molar-refractivity contribution in [3.8, 4) is 0 Å². The summed E-state index contributed by atoms with van der Waals surface area (Å²) in [6, 6.07) is 25.3. The molecule has 0 fully saturated rings. The standard InChI is InChI=1S/C14H14S.C4H4S/c1-3-7-13(8-4-1)11-15-12-14-9-5-2-6-10-14;1-2-4-5-3-1/h1-10H,11-12H2;1-4H. The van der Waals surface area contributed by atoms with Gasteiger partial charge in [0, 0.05) is 11.5 Å². The van der Waals surface area contributed by atoms with Gasteiger partial charge in [-0.3, -0.25) is 0 Å². The van der Waals surface area contributed by atoms with E-state index < -0.39 is 0 Å². The van der Waals surface area contributed by atoms with Gasteiger partial charge in [-0.15, -0.1) is 0 Å². The van der Waals surface area contributed by atoms with Crippen LogP contribution in [0.25, 0.3) is 0 Å². The highest BCUT2D eigenvalue weighted by Crippen LogP contribution is 2.17. The van der Waals surface area contributed by atoms with Crippen LogP contribution in [0.15, 0.2) is 83.6 Å². The Labute approximate surface area is 129 Å². The summed E-state index contributed by atoms with van der Waals surface area (Å²) in [5.74, 6) is 2.19. The number of thiophene rings is 1. The lowest BCUT2D eigenvalue weighted by atomic mass is 10.2. The summed E-state index contributed by atoms with van der Waals surface area (Å²) < 4.78 is 0. The van der Waals surface area contributed by atoms with Crippen molar-refractivity contribution in [2.75, 3.05) is 0 Å². The van der Waals surface area contributed by atoms with Gasteiger partial charge in [0.25, 0.3) is 0 Å². The van der Waals surface area contributed by atoms with Crippen molar-refractivity contribution in [1.82, 2.24) is 0 Å². The molecule has 0 bridgehead atoms. The largest absolute Gasteiger partial charge is 0.152 e. The third kappa shape index (κ3) is 6.09. The smallest absolute Gasteiger partial charge is 0.0187 e. The molecule has 102 valence electrons. The van der Waals surface area contributed by atoms with Gasteiger partial charge in [-0.2, -0.15) is 23.1 Å². The van der Waals surface area contributed by atoms with Crippen LogP contribution in [-0.2, 0) is 11.5 Å². The monoisotopic (exact) mass is 298 g/mol. The van der Waals surface area contributed by atoms with Crippen molar-refractivity contribution < 1.29 is 0 Å². The number of hydrogen-bond donors (Lipinski definition) is 0. The van der Waals surface area contributed by atoms with Gasteiger partial charge >= 0.3 is 0 Å². The van der Waals surface area contributed by atoms with Crippen molar-refractivity contribution in [3.63, 3.8) is 0 Å². The van der Waals surface area contributed by atoms with E-state index in [9.17, 15) is 0 Å². The summed E-state index contributed by atoms with van der Waals surface area (Å²) >= 11 is 3.67. The summed E-state index contributed by atoms with van der Waals surface area (Å²) in [4.78, 5) is 0. The first-order chi connectivity index (χ1) is 9.95. The fourth-order valence-electron chi connectivity index (χ4n) is 1.66. The van der Waals surface area contributed by atoms with Crippen LogP contribution in [0.3, 0.4) is 0 Å². The molecule has 20 heavy (non-hydrogen) atoms. The first-order valence-corrected chi connectivity index (χ1v) is 8.67. The SMILES string of the molecule is c1ccc(CSCc2ccccc2)cc1.c1ccsc1. The minimum absolute atomic E-state index is 1.09. The molecule has 0 aliphatic carbocycles. The van der Waals surface area contributed by atoms with Gasteiger partial charge in [-0.1, -0.05) is 72.8 Å². The summed E-state index contributed by atoms with van der Waals surface area (Å²) in [7, 11) is 0. The van der Waals surface area contributed by atoms with E-state index in [1.807, 2.05) is 34.7 Å². The van der Waals surface area contributed by atoms with Gasteiger partial charge in [0.2, 0.25) is 0 Å². The van der Waals surface area contributed by atoms with E-state index in [1.165, 1.54) is 11.1 Å². The second kappa shape index (κ2) is 9.40. The number of hydrogen-bond acceptors (Lipinski definition) is 2. The molecule has 0 atom stereocenters. The summed E-state index contributed by atoms with van der Waals surface area (Å²) in [6.07, 6.45) is 0. The topological polar surface area (TPSA) is 0 Å². The normalized spacial score (nSPS) is 9.60. The average Bonchev–Trinajstić information content (AvgIpc) is 3.09. The first kappa shape index (κ1) is 14.9. The molecular weight excluding hydrogens is 280 g/mol. The molecule has 0 radical (unpaired) electrons. The zero-order chi connectivity index (χ0) is 13.9. The number of rotatable bonds is 4. The van der Waals surface area contributed by atoms with E-state index in [0.29, 0.717) is 0 Å². The average molecular weight is 298 g/mol. The van der Waals surface area contributed by atoms with Gasteiger partial charge in [0.1, 0.15) is 0 Å². The van der Waals surface area contributed by atoms with Crippen molar-refractivity contribution in [2.45, 2.75) is 11.5 Å². The number of thioether (sulfide) groups is 1. The van der Waals surface area contributed by atoms with E-state index >= 15 is 0 Å². The van der Waals surface area contributed by atoms with E-state index in [2.05, 4.69) is 60.7 Å². The van der Waals surface area contributed by atoms with Crippen molar-refractivity contribution >= 4 is 23.1 Å². The van der Waals surface area contributed by atoms with Crippen LogP contribution in [0, 0.1) is 0 Å². The summed E-state index contributed by atoms with van der Waals surface area (Å²) in [5, 5.41) is 4.08. The Kier molecular flexibility index (Phi) is 7.00. The van der Waals surface area contributed by atoms with Gasteiger partial charge in [0.05, 0.1) is 0 Å². The lowest BCUT2D eigenvalue weighted by Crippen LogP contribution is -1.82. The molecule has 2 aromatic carbocycles. The van der Waals surface area contributed by atoms with E-state index in [4.69, 9.17) is 0 Å². The summed E-state index contributed by atoms with van der Waals surface area (Å²) in [6.45, 7) is 0.